The third kappa shape index (κ3) is 3.74. The van der Waals surface area contributed by atoms with Crippen LogP contribution < -0.4 is 4.90 Å². The molecule has 1 unspecified atom stereocenters. The number of hydrogen-bond donors (Lipinski definition) is 1. The van der Waals surface area contributed by atoms with Crippen LogP contribution in [-0.2, 0) is 4.74 Å². The topological polar surface area (TPSA) is 75.3 Å². The number of nitrogens with zero attached hydrogens (tertiary/aromatic N) is 2. The first-order valence-corrected chi connectivity index (χ1v) is 11.4. The standard InChI is InChI=1S/C26H20BrN3O3/c1-2-33-26(32)18-10-14-20(15-11-18)30-24(17-8-12-19(27)13-9-17)21-22(16-6-4-3-5-7-16)28-29-23(21)25(30)31/h3-15,24H,2H2,1H3,(H,28,29). The molecule has 1 aromatic heterocycles. The number of aromatic nitrogens is 2. The van der Waals surface area contributed by atoms with Gasteiger partial charge in [0.2, 0.25) is 0 Å². The van der Waals surface area contributed by atoms with Gasteiger partial charge in [-0.25, -0.2) is 4.79 Å². The van der Waals surface area contributed by atoms with Crippen molar-refractivity contribution in [1.29, 1.82) is 0 Å². The van der Waals surface area contributed by atoms with Crippen molar-refractivity contribution < 1.29 is 14.3 Å². The summed E-state index contributed by atoms with van der Waals surface area (Å²) in [6.07, 6.45) is 0. The second kappa shape index (κ2) is 8.67. The summed E-state index contributed by atoms with van der Waals surface area (Å²) in [5.74, 6) is -0.557. The quantitative estimate of drug-likeness (QED) is 0.352. The molecule has 1 amide bonds. The van der Waals surface area contributed by atoms with Crippen molar-refractivity contribution >= 4 is 33.5 Å². The number of H-pyrrole nitrogens is 1. The Balaban J connectivity index is 1.63. The van der Waals surface area contributed by atoms with E-state index in [0.717, 1.165) is 26.9 Å². The summed E-state index contributed by atoms with van der Waals surface area (Å²) in [6, 6.07) is 24.3. The highest BCUT2D eigenvalue weighted by molar-refractivity contribution is 9.10. The number of amides is 1. The molecule has 3 aromatic carbocycles. The average Bonchev–Trinajstić information content (AvgIpc) is 3.39. The van der Waals surface area contributed by atoms with Crippen LogP contribution in [0.2, 0.25) is 0 Å². The van der Waals surface area contributed by atoms with Gasteiger partial charge < -0.3 is 4.74 Å². The molecule has 33 heavy (non-hydrogen) atoms. The van der Waals surface area contributed by atoms with Crippen molar-refractivity contribution in [3.05, 3.63) is 106 Å². The molecule has 6 nitrogen and oxygen atoms in total. The lowest BCUT2D eigenvalue weighted by Gasteiger charge is -2.26. The second-order valence-electron chi connectivity index (χ2n) is 7.62. The monoisotopic (exact) mass is 501 g/mol. The molecular weight excluding hydrogens is 482 g/mol. The molecule has 1 N–H and O–H groups in total. The molecule has 4 aromatic rings. The van der Waals surface area contributed by atoms with Crippen LogP contribution >= 0.6 is 15.9 Å². The van der Waals surface area contributed by atoms with E-state index in [9.17, 15) is 9.59 Å². The van der Waals surface area contributed by atoms with Gasteiger partial charge in [-0.2, -0.15) is 5.10 Å². The average molecular weight is 502 g/mol. The lowest BCUT2D eigenvalue weighted by molar-refractivity contribution is 0.0526. The van der Waals surface area contributed by atoms with Gasteiger partial charge in [0.1, 0.15) is 5.69 Å². The molecule has 164 valence electrons. The van der Waals surface area contributed by atoms with Gasteiger partial charge in [0.05, 0.1) is 23.9 Å². The molecule has 1 aliphatic rings. The Bertz CT molecular complexity index is 1320. The maximum absolute atomic E-state index is 13.6. The van der Waals surface area contributed by atoms with Crippen molar-refractivity contribution in [2.75, 3.05) is 11.5 Å². The van der Waals surface area contributed by atoms with Gasteiger partial charge in [-0.05, 0) is 48.9 Å². The smallest absolute Gasteiger partial charge is 0.338 e. The largest absolute Gasteiger partial charge is 0.462 e. The third-order valence-electron chi connectivity index (χ3n) is 5.66. The van der Waals surface area contributed by atoms with Gasteiger partial charge >= 0.3 is 5.97 Å². The molecule has 1 aliphatic heterocycles. The van der Waals surface area contributed by atoms with Crippen LogP contribution in [0.15, 0.2) is 83.3 Å². The van der Waals surface area contributed by atoms with Gasteiger partial charge in [0, 0.05) is 21.3 Å². The number of nitrogens with one attached hydrogen (secondary N) is 1. The summed E-state index contributed by atoms with van der Waals surface area (Å²) >= 11 is 3.49. The number of esters is 1. The number of rotatable bonds is 5. The molecular formula is C26H20BrN3O3. The van der Waals surface area contributed by atoms with Gasteiger partial charge in [0.25, 0.3) is 5.91 Å². The predicted molar refractivity (Wildman–Crippen MR) is 129 cm³/mol. The first-order chi connectivity index (χ1) is 16.1. The van der Waals surface area contributed by atoms with E-state index in [0.29, 0.717) is 23.6 Å². The summed E-state index contributed by atoms with van der Waals surface area (Å²) < 4.78 is 6.04. The molecule has 2 heterocycles. The van der Waals surface area contributed by atoms with E-state index >= 15 is 0 Å². The molecule has 0 spiro atoms. The van der Waals surface area contributed by atoms with Crippen LogP contribution in [0.3, 0.4) is 0 Å². The molecule has 0 radical (unpaired) electrons. The Morgan fingerprint density at radius 3 is 2.39 bits per heavy atom. The minimum absolute atomic E-state index is 0.170. The maximum atomic E-state index is 13.6. The lowest BCUT2D eigenvalue weighted by atomic mass is 9.96. The first-order valence-electron chi connectivity index (χ1n) is 10.6. The van der Waals surface area contributed by atoms with Crippen molar-refractivity contribution in [2.24, 2.45) is 0 Å². The van der Waals surface area contributed by atoms with Crippen LogP contribution in [-0.4, -0.2) is 28.7 Å². The number of ether oxygens (including phenoxy) is 1. The number of carbonyl (C=O) groups excluding carboxylic acids is 2. The normalized spacial score (nSPS) is 14.9. The Hall–Kier alpha value is -3.71. The number of halogens is 1. The first kappa shape index (κ1) is 21.2. The molecule has 0 fully saturated rings. The molecule has 0 aliphatic carbocycles. The number of anilines is 1. The summed E-state index contributed by atoms with van der Waals surface area (Å²) in [4.78, 5) is 27.4. The zero-order valence-corrected chi connectivity index (χ0v) is 19.4. The van der Waals surface area contributed by atoms with Crippen LogP contribution in [0, 0.1) is 0 Å². The summed E-state index contributed by atoms with van der Waals surface area (Å²) in [5.41, 5.74) is 5.07. The van der Waals surface area contributed by atoms with Crippen molar-refractivity contribution in [2.45, 2.75) is 13.0 Å². The fourth-order valence-electron chi connectivity index (χ4n) is 4.16. The summed E-state index contributed by atoms with van der Waals surface area (Å²) in [7, 11) is 0. The Labute approximate surface area is 199 Å². The van der Waals surface area contributed by atoms with Gasteiger partial charge in [-0.15, -0.1) is 0 Å². The highest BCUT2D eigenvalue weighted by Crippen LogP contribution is 2.45. The maximum Gasteiger partial charge on any atom is 0.338 e. The summed E-state index contributed by atoms with van der Waals surface area (Å²) in [5, 5.41) is 7.46. The molecule has 1 atom stereocenters. The zero-order chi connectivity index (χ0) is 22.9. The van der Waals surface area contributed by atoms with Crippen LogP contribution in [0.5, 0.6) is 0 Å². The molecule has 5 rings (SSSR count). The third-order valence-corrected chi connectivity index (χ3v) is 6.19. The minimum atomic E-state index is -0.387. The second-order valence-corrected chi connectivity index (χ2v) is 8.54. The van der Waals surface area contributed by atoms with Crippen LogP contribution in [0.1, 0.15) is 44.9 Å². The molecule has 0 bridgehead atoms. The zero-order valence-electron chi connectivity index (χ0n) is 17.8. The van der Waals surface area contributed by atoms with Gasteiger partial charge in [-0.3, -0.25) is 14.8 Å². The fraction of sp³-hybridized carbons (Fsp3) is 0.115. The minimum Gasteiger partial charge on any atom is -0.462 e. The van der Waals surface area contributed by atoms with E-state index in [1.54, 1.807) is 36.1 Å². The fourth-order valence-corrected chi connectivity index (χ4v) is 4.43. The highest BCUT2D eigenvalue weighted by Gasteiger charge is 2.43. The van der Waals surface area contributed by atoms with Crippen molar-refractivity contribution in [3.63, 3.8) is 0 Å². The van der Waals surface area contributed by atoms with Gasteiger partial charge in [-0.1, -0.05) is 58.4 Å². The van der Waals surface area contributed by atoms with E-state index in [2.05, 4.69) is 26.1 Å². The Morgan fingerprint density at radius 1 is 1.03 bits per heavy atom. The Kier molecular flexibility index (Phi) is 5.56. The highest BCUT2D eigenvalue weighted by atomic mass is 79.9. The van der Waals surface area contributed by atoms with E-state index < -0.39 is 0 Å². The number of hydrogen-bond acceptors (Lipinski definition) is 4. The number of fused-ring (bicyclic) bond motifs is 1. The predicted octanol–water partition coefficient (Wildman–Crippen LogP) is 5.77. The van der Waals surface area contributed by atoms with E-state index in [-0.39, 0.29) is 17.9 Å². The van der Waals surface area contributed by atoms with Crippen LogP contribution in [0.25, 0.3) is 11.3 Å². The van der Waals surface area contributed by atoms with Gasteiger partial charge in [0.15, 0.2) is 0 Å². The molecule has 0 saturated heterocycles. The molecule has 7 heteroatoms. The number of benzene rings is 3. The summed E-state index contributed by atoms with van der Waals surface area (Å²) in [6.45, 7) is 2.07. The van der Waals surface area contributed by atoms with E-state index in [1.807, 2.05) is 54.6 Å². The Morgan fingerprint density at radius 2 is 1.73 bits per heavy atom. The van der Waals surface area contributed by atoms with Crippen molar-refractivity contribution in [3.8, 4) is 11.3 Å². The van der Waals surface area contributed by atoms with E-state index in [1.165, 1.54) is 0 Å². The van der Waals surface area contributed by atoms with Crippen LogP contribution in [0.4, 0.5) is 5.69 Å². The van der Waals surface area contributed by atoms with E-state index in [4.69, 9.17) is 4.74 Å². The SMILES string of the molecule is CCOC(=O)c1ccc(N2C(=O)c3[nH]nc(-c4ccccc4)c3C2c2ccc(Br)cc2)cc1. The number of carbonyl (C=O) groups is 2. The van der Waals surface area contributed by atoms with Crippen molar-refractivity contribution in [1.82, 2.24) is 10.2 Å². The lowest BCUT2D eigenvalue weighted by Crippen LogP contribution is -2.29. The molecule has 0 saturated carbocycles. The number of aromatic amines is 1.